The first-order chi connectivity index (χ1) is 17.2. The Hall–Kier alpha value is -2.15. The fourth-order valence-corrected chi connectivity index (χ4v) is 8.04. The molecule has 0 saturated heterocycles. The normalized spacial score (nSPS) is 36.4. The highest BCUT2D eigenvalue weighted by Gasteiger charge is 2.62. The number of hydrogen-bond acceptors (Lipinski definition) is 6. The Balaban J connectivity index is 0.000000276. The Morgan fingerprint density at radius 3 is 2.42 bits per heavy atom. The van der Waals surface area contributed by atoms with E-state index in [0.29, 0.717) is 31.1 Å². The van der Waals surface area contributed by atoms with E-state index in [0.717, 1.165) is 51.1 Å². The molecule has 0 aromatic heterocycles. The van der Waals surface area contributed by atoms with Crippen molar-refractivity contribution in [3.05, 3.63) is 47.5 Å². The lowest BCUT2D eigenvalue weighted by Gasteiger charge is -2.59. The van der Waals surface area contributed by atoms with E-state index in [4.69, 9.17) is 5.11 Å². The lowest BCUT2D eigenvalue weighted by atomic mass is 9.46. The predicted molar refractivity (Wildman–Crippen MR) is 138 cm³/mol. The highest BCUT2D eigenvalue weighted by Crippen LogP contribution is 2.66. The molecule has 3 saturated carbocycles. The number of Topliss-reactive ketones (excluding diaryl/α,β-unsaturated/α-hetero) is 1. The van der Waals surface area contributed by atoms with E-state index < -0.39 is 6.10 Å². The molecule has 0 bridgehead atoms. The van der Waals surface area contributed by atoms with Gasteiger partial charge >= 0.3 is 0 Å². The standard InChI is InChI=1S/C21H30O4.C8H8O.CH4O/c1-20-8-7-13(23)9-12(20)3-4-14-15-5-6-16(18(25)11-22)21(15,2)10-17(24)19(14)20;9-7-6-8-4-2-1-3-5-8;1-2/h9,14-17,19,22,24H,3-8,10-11H2,1-2H3;1-5,7H,6H2;2H,1H3. The van der Waals surface area contributed by atoms with Crippen molar-refractivity contribution >= 4 is 17.9 Å². The second-order valence-electron chi connectivity index (χ2n) is 11.3. The van der Waals surface area contributed by atoms with Crippen molar-refractivity contribution in [2.24, 2.45) is 34.5 Å². The van der Waals surface area contributed by atoms with Crippen LogP contribution in [0.1, 0.15) is 64.4 Å². The van der Waals surface area contributed by atoms with Gasteiger partial charge in [-0.15, -0.1) is 0 Å². The number of benzene rings is 1. The third-order valence-corrected chi connectivity index (χ3v) is 9.60. The summed E-state index contributed by atoms with van der Waals surface area (Å²) < 4.78 is 0. The van der Waals surface area contributed by atoms with Crippen LogP contribution in [0.25, 0.3) is 0 Å². The molecule has 0 spiro atoms. The van der Waals surface area contributed by atoms with E-state index in [1.165, 1.54) is 5.57 Å². The van der Waals surface area contributed by atoms with Crippen molar-refractivity contribution in [1.82, 2.24) is 0 Å². The summed E-state index contributed by atoms with van der Waals surface area (Å²) in [6.07, 6.45) is 8.76. The van der Waals surface area contributed by atoms with Gasteiger partial charge in [-0.1, -0.05) is 49.8 Å². The molecule has 7 unspecified atom stereocenters. The first-order valence-electron chi connectivity index (χ1n) is 13.2. The van der Waals surface area contributed by atoms with Crippen LogP contribution in [0.15, 0.2) is 42.0 Å². The van der Waals surface area contributed by atoms with Gasteiger partial charge in [0.25, 0.3) is 0 Å². The molecule has 0 radical (unpaired) electrons. The molecule has 3 fully saturated rings. The van der Waals surface area contributed by atoms with E-state index in [-0.39, 0.29) is 40.8 Å². The van der Waals surface area contributed by atoms with E-state index in [2.05, 4.69) is 13.8 Å². The molecule has 6 nitrogen and oxygen atoms in total. The summed E-state index contributed by atoms with van der Waals surface area (Å²) in [6, 6.07) is 9.68. The van der Waals surface area contributed by atoms with Crippen LogP contribution in [0.4, 0.5) is 0 Å². The molecule has 7 atom stereocenters. The summed E-state index contributed by atoms with van der Waals surface area (Å²) in [4.78, 5) is 34.2. The van der Waals surface area contributed by atoms with Gasteiger partial charge in [0.1, 0.15) is 12.9 Å². The number of hydrogen-bond donors (Lipinski definition) is 3. The lowest BCUT2D eigenvalue weighted by Crippen LogP contribution is -2.57. The fourth-order valence-electron chi connectivity index (χ4n) is 8.04. The molecular formula is C30H42O6. The highest BCUT2D eigenvalue weighted by atomic mass is 16.3. The minimum atomic E-state index is -0.430. The van der Waals surface area contributed by atoms with Gasteiger partial charge in [0.2, 0.25) is 0 Å². The van der Waals surface area contributed by atoms with Crippen LogP contribution < -0.4 is 0 Å². The Morgan fingerprint density at radius 1 is 1.08 bits per heavy atom. The van der Waals surface area contributed by atoms with Gasteiger partial charge in [0, 0.05) is 25.9 Å². The van der Waals surface area contributed by atoms with Crippen LogP contribution in [0.3, 0.4) is 0 Å². The Morgan fingerprint density at radius 2 is 1.78 bits per heavy atom. The molecule has 198 valence electrons. The minimum Gasteiger partial charge on any atom is -0.400 e. The minimum absolute atomic E-state index is 0.0541. The zero-order valence-corrected chi connectivity index (χ0v) is 21.9. The van der Waals surface area contributed by atoms with Crippen LogP contribution in [-0.2, 0) is 20.8 Å². The quantitative estimate of drug-likeness (QED) is 0.546. The molecule has 0 amide bonds. The van der Waals surface area contributed by atoms with Gasteiger partial charge in [0.05, 0.1) is 6.10 Å². The predicted octanol–water partition coefficient (Wildman–Crippen LogP) is 3.70. The third-order valence-electron chi connectivity index (χ3n) is 9.60. The molecule has 4 aliphatic carbocycles. The molecular weight excluding hydrogens is 456 g/mol. The number of ketones is 2. The maximum atomic E-state index is 12.3. The molecule has 6 heteroatoms. The van der Waals surface area contributed by atoms with Gasteiger partial charge in [-0.25, -0.2) is 0 Å². The lowest BCUT2D eigenvalue weighted by molar-refractivity contribution is -0.146. The summed E-state index contributed by atoms with van der Waals surface area (Å²) in [5, 5.41) is 27.5. The molecule has 0 aliphatic heterocycles. The number of aliphatic hydroxyl groups excluding tert-OH is 3. The van der Waals surface area contributed by atoms with Crippen LogP contribution >= 0.6 is 0 Å². The van der Waals surface area contributed by atoms with Crippen molar-refractivity contribution in [3.63, 3.8) is 0 Å². The maximum Gasteiger partial charge on any atom is 0.161 e. The van der Waals surface area contributed by atoms with Crippen LogP contribution in [0, 0.1) is 34.5 Å². The van der Waals surface area contributed by atoms with Gasteiger partial charge < -0.3 is 20.1 Å². The van der Waals surface area contributed by atoms with Crippen molar-refractivity contribution in [2.75, 3.05) is 13.7 Å². The fraction of sp³-hybridized carbons (Fsp3) is 0.633. The third kappa shape index (κ3) is 5.27. The van der Waals surface area contributed by atoms with E-state index in [9.17, 15) is 24.6 Å². The number of carbonyl (C=O) groups excluding carboxylic acids is 3. The topological polar surface area (TPSA) is 112 Å². The van der Waals surface area contributed by atoms with Crippen LogP contribution in [-0.4, -0.2) is 53.0 Å². The van der Waals surface area contributed by atoms with Gasteiger partial charge in [-0.05, 0) is 78.7 Å². The molecule has 5 rings (SSSR count). The summed E-state index contributed by atoms with van der Waals surface area (Å²) >= 11 is 0. The van der Waals surface area contributed by atoms with Crippen molar-refractivity contribution in [2.45, 2.75) is 71.3 Å². The summed E-state index contributed by atoms with van der Waals surface area (Å²) in [7, 11) is 1.00. The Bertz CT molecular complexity index is 955. The Kier molecular flexibility index (Phi) is 9.42. The molecule has 36 heavy (non-hydrogen) atoms. The number of rotatable bonds is 4. The smallest absolute Gasteiger partial charge is 0.161 e. The van der Waals surface area contributed by atoms with Crippen molar-refractivity contribution in [1.29, 1.82) is 0 Å². The SMILES string of the molecule is CC12CCC(=O)C=C1CCC1C2C(O)CC2(C)C(C(=O)CO)CCC12.CO.O=CCc1ccccc1. The number of allylic oxidation sites excluding steroid dienone is 1. The number of aldehydes is 1. The van der Waals surface area contributed by atoms with Gasteiger partial charge in [0.15, 0.2) is 11.6 Å². The Labute approximate surface area is 214 Å². The molecule has 4 aliphatic rings. The van der Waals surface area contributed by atoms with Crippen LogP contribution in [0.2, 0.25) is 0 Å². The summed E-state index contributed by atoms with van der Waals surface area (Å²) in [6.45, 7) is 4.03. The highest BCUT2D eigenvalue weighted by molar-refractivity contribution is 5.91. The largest absolute Gasteiger partial charge is 0.400 e. The number of carbonyl (C=O) groups is 3. The second-order valence-corrected chi connectivity index (χ2v) is 11.3. The van der Waals surface area contributed by atoms with Crippen molar-refractivity contribution < 1.29 is 29.7 Å². The average molecular weight is 499 g/mol. The summed E-state index contributed by atoms with van der Waals surface area (Å²) in [5.41, 5.74) is 2.06. The first kappa shape index (κ1) is 28.4. The first-order valence-corrected chi connectivity index (χ1v) is 13.2. The van der Waals surface area contributed by atoms with Crippen LogP contribution in [0.5, 0.6) is 0 Å². The maximum absolute atomic E-state index is 12.3. The molecule has 1 aromatic rings. The van der Waals surface area contributed by atoms with Gasteiger partial charge in [-0.3, -0.25) is 9.59 Å². The average Bonchev–Trinajstić information content (AvgIpc) is 3.22. The molecule has 1 aromatic carbocycles. The molecule has 3 N–H and O–H groups in total. The molecule has 0 heterocycles. The number of aliphatic hydroxyl groups is 3. The van der Waals surface area contributed by atoms with E-state index >= 15 is 0 Å². The summed E-state index contributed by atoms with van der Waals surface area (Å²) in [5.74, 6) is 1.12. The zero-order chi connectivity index (χ0) is 26.5. The second kappa shape index (κ2) is 11.9. The van der Waals surface area contributed by atoms with E-state index in [1.807, 2.05) is 36.4 Å². The monoisotopic (exact) mass is 498 g/mol. The number of fused-ring (bicyclic) bond motifs is 5. The van der Waals surface area contributed by atoms with Gasteiger partial charge in [-0.2, -0.15) is 0 Å². The van der Waals surface area contributed by atoms with E-state index in [1.54, 1.807) is 0 Å². The van der Waals surface area contributed by atoms with Crippen molar-refractivity contribution in [3.8, 4) is 0 Å². The zero-order valence-electron chi connectivity index (χ0n) is 21.9.